The van der Waals surface area contributed by atoms with Crippen molar-refractivity contribution >= 4 is 11.6 Å². The van der Waals surface area contributed by atoms with Crippen molar-refractivity contribution in [3.05, 3.63) is 64.4 Å². The Balaban J connectivity index is 1.70. The molecule has 110 valence electrons. The molecule has 0 spiro atoms. The maximum Gasteiger partial charge on any atom is 0.127 e. The van der Waals surface area contributed by atoms with Crippen molar-refractivity contribution in [2.45, 2.75) is 18.9 Å². The molecule has 2 atom stereocenters. The first-order valence-corrected chi connectivity index (χ1v) is 7.34. The van der Waals surface area contributed by atoms with Gasteiger partial charge in [0.1, 0.15) is 11.6 Å². The molecule has 2 aromatic carbocycles. The molecule has 2 unspecified atom stereocenters. The Bertz CT molecular complexity index is 644. The number of benzene rings is 2. The van der Waals surface area contributed by atoms with E-state index in [1.807, 2.05) is 24.3 Å². The Morgan fingerprint density at radius 3 is 2.90 bits per heavy atom. The minimum absolute atomic E-state index is 0.0324. The summed E-state index contributed by atoms with van der Waals surface area (Å²) in [6.45, 7) is 0.452. The molecule has 1 heterocycles. The summed E-state index contributed by atoms with van der Waals surface area (Å²) in [6, 6.07) is 12.3. The molecule has 1 aliphatic rings. The fraction of sp³-hybridized carbons (Fsp3) is 0.294. The molecular formula is C17H16ClFO2. The van der Waals surface area contributed by atoms with Crippen LogP contribution in [0.1, 0.15) is 11.1 Å². The van der Waals surface area contributed by atoms with Crippen molar-refractivity contribution in [2.24, 2.45) is 5.92 Å². The molecule has 4 heteroatoms. The van der Waals surface area contributed by atoms with Gasteiger partial charge in [0, 0.05) is 17.4 Å². The first kappa shape index (κ1) is 14.4. The standard InChI is InChI=1S/C17H16ClFO2/c18-14-6-5-11(15(19)9-14)8-16(20)13-7-12-3-1-2-4-17(12)21-10-13/h1-6,9,13,16,20H,7-8,10H2. The average molecular weight is 307 g/mol. The summed E-state index contributed by atoms with van der Waals surface area (Å²) in [7, 11) is 0. The summed E-state index contributed by atoms with van der Waals surface area (Å²) < 4.78 is 19.5. The van der Waals surface area contributed by atoms with Gasteiger partial charge < -0.3 is 9.84 Å². The molecule has 2 nitrogen and oxygen atoms in total. The number of halogens is 2. The zero-order valence-electron chi connectivity index (χ0n) is 11.4. The normalized spacial score (nSPS) is 18.7. The van der Waals surface area contributed by atoms with Crippen LogP contribution in [0.3, 0.4) is 0 Å². The number of aliphatic hydroxyl groups excluding tert-OH is 1. The highest BCUT2D eigenvalue weighted by Crippen LogP contribution is 2.29. The molecule has 3 rings (SSSR count). The van der Waals surface area contributed by atoms with Crippen LogP contribution in [0.25, 0.3) is 0 Å². The van der Waals surface area contributed by atoms with E-state index >= 15 is 0 Å². The van der Waals surface area contributed by atoms with Gasteiger partial charge in [0.2, 0.25) is 0 Å². The van der Waals surface area contributed by atoms with Crippen LogP contribution in [0.2, 0.25) is 5.02 Å². The lowest BCUT2D eigenvalue weighted by Gasteiger charge is -2.29. The van der Waals surface area contributed by atoms with Gasteiger partial charge in [-0.25, -0.2) is 4.39 Å². The molecule has 0 radical (unpaired) electrons. The largest absolute Gasteiger partial charge is 0.493 e. The fourth-order valence-corrected chi connectivity index (χ4v) is 2.84. The Labute approximate surface area is 128 Å². The summed E-state index contributed by atoms with van der Waals surface area (Å²) in [5.41, 5.74) is 1.56. The van der Waals surface area contributed by atoms with Crippen molar-refractivity contribution in [1.82, 2.24) is 0 Å². The highest BCUT2D eigenvalue weighted by atomic mass is 35.5. The Morgan fingerprint density at radius 1 is 1.29 bits per heavy atom. The zero-order valence-corrected chi connectivity index (χ0v) is 12.2. The third kappa shape index (κ3) is 3.20. The monoisotopic (exact) mass is 306 g/mol. The second kappa shape index (κ2) is 6.04. The summed E-state index contributed by atoms with van der Waals surface area (Å²) >= 11 is 5.74. The molecule has 1 N–H and O–H groups in total. The van der Waals surface area contributed by atoms with Gasteiger partial charge in [0.05, 0.1) is 12.7 Å². The van der Waals surface area contributed by atoms with Crippen LogP contribution < -0.4 is 4.74 Å². The van der Waals surface area contributed by atoms with Crippen LogP contribution in [0.5, 0.6) is 5.75 Å². The van der Waals surface area contributed by atoms with Gasteiger partial charge >= 0.3 is 0 Å². The summed E-state index contributed by atoms with van der Waals surface area (Å²) in [5.74, 6) is 0.465. The van der Waals surface area contributed by atoms with Crippen molar-refractivity contribution in [3.8, 4) is 5.75 Å². The lowest BCUT2D eigenvalue weighted by atomic mass is 9.89. The van der Waals surface area contributed by atoms with Gasteiger partial charge in [-0.05, 0) is 35.7 Å². The van der Waals surface area contributed by atoms with E-state index in [0.29, 0.717) is 17.2 Å². The van der Waals surface area contributed by atoms with Crippen LogP contribution >= 0.6 is 11.6 Å². The topological polar surface area (TPSA) is 29.5 Å². The van der Waals surface area contributed by atoms with Gasteiger partial charge in [-0.15, -0.1) is 0 Å². The molecule has 0 saturated heterocycles. The lowest BCUT2D eigenvalue weighted by molar-refractivity contribution is 0.0646. The van der Waals surface area contributed by atoms with Crippen molar-refractivity contribution in [1.29, 1.82) is 0 Å². The second-order valence-electron chi connectivity index (χ2n) is 5.39. The third-order valence-electron chi connectivity index (χ3n) is 3.90. The molecule has 1 aliphatic heterocycles. The van der Waals surface area contributed by atoms with Crippen molar-refractivity contribution in [2.75, 3.05) is 6.61 Å². The minimum Gasteiger partial charge on any atom is -0.493 e. The van der Waals surface area contributed by atoms with Crippen molar-refractivity contribution in [3.63, 3.8) is 0 Å². The highest BCUT2D eigenvalue weighted by Gasteiger charge is 2.26. The number of hydrogen-bond donors (Lipinski definition) is 1. The van der Waals surface area contributed by atoms with Crippen LogP contribution in [0.4, 0.5) is 4.39 Å². The van der Waals surface area contributed by atoms with Crippen LogP contribution in [0.15, 0.2) is 42.5 Å². The first-order chi connectivity index (χ1) is 10.1. The molecule has 0 amide bonds. The van der Waals surface area contributed by atoms with Crippen LogP contribution in [-0.2, 0) is 12.8 Å². The smallest absolute Gasteiger partial charge is 0.127 e. The van der Waals surface area contributed by atoms with E-state index in [9.17, 15) is 9.50 Å². The van der Waals surface area contributed by atoms with Gasteiger partial charge in [-0.3, -0.25) is 0 Å². The number of ether oxygens (including phenoxy) is 1. The number of rotatable bonds is 3. The summed E-state index contributed by atoms with van der Waals surface area (Å²) in [4.78, 5) is 0. The molecule has 0 saturated carbocycles. The molecule has 0 fully saturated rings. The maximum atomic E-state index is 13.8. The summed E-state index contributed by atoms with van der Waals surface area (Å²) in [5, 5.41) is 10.7. The molecule has 2 aromatic rings. The number of para-hydroxylation sites is 1. The predicted molar refractivity (Wildman–Crippen MR) is 80.3 cm³/mol. The fourth-order valence-electron chi connectivity index (χ4n) is 2.68. The lowest BCUT2D eigenvalue weighted by Crippen LogP contribution is -2.33. The SMILES string of the molecule is OC(Cc1ccc(Cl)cc1F)C1COc2ccccc2C1. The number of fused-ring (bicyclic) bond motifs is 1. The van der Waals surface area contributed by atoms with Gasteiger partial charge in [-0.2, -0.15) is 0 Å². The average Bonchev–Trinajstić information content (AvgIpc) is 2.49. The van der Waals surface area contributed by atoms with E-state index in [0.717, 1.165) is 17.7 Å². The Hall–Kier alpha value is -1.58. The highest BCUT2D eigenvalue weighted by molar-refractivity contribution is 6.30. The van der Waals surface area contributed by atoms with Crippen LogP contribution in [-0.4, -0.2) is 17.8 Å². The Morgan fingerprint density at radius 2 is 2.10 bits per heavy atom. The van der Waals surface area contributed by atoms with Gasteiger partial charge in [0.25, 0.3) is 0 Å². The molecule has 21 heavy (non-hydrogen) atoms. The van der Waals surface area contributed by atoms with Crippen molar-refractivity contribution < 1.29 is 14.2 Å². The van der Waals surface area contributed by atoms with Gasteiger partial charge in [-0.1, -0.05) is 35.9 Å². The summed E-state index contributed by atoms with van der Waals surface area (Å²) in [6.07, 6.45) is 0.361. The van der Waals surface area contributed by atoms with E-state index in [-0.39, 0.29) is 18.2 Å². The van der Waals surface area contributed by atoms with E-state index in [1.54, 1.807) is 12.1 Å². The molecule has 0 bridgehead atoms. The molecular weight excluding hydrogens is 291 g/mol. The zero-order chi connectivity index (χ0) is 14.8. The Kier molecular flexibility index (Phi) is 4.13. The second-order valence-corrected chi connectivity index (χ2v) is 5.83. The predicted octanol–water partition coefficient (Wildman–Crippen LogP) is 3.63. The van der Waals surface area contributed by atoms with E-state index < -0.39 is 6.10 Å². The maximum absolute atomic E-state index is 13.8. The third-order valence-corrected chi connectivity index (χ3v) is 4.13. The molecule has 0 aromatic heterocycles. The van der Waals surface area contributed by atoms with E-state index in [2.05, 4.69) is 0 Å². The van der Waals surface area contributed by atoms with Crippen LogP contribution in [0, 0.1) is 11.7 Å². The molecule has 0 aliphatic carbocycles. The van der Waals surface area contributed by atoms with E-state index in [1.165, 1.54) is 6.07 Å². The van der Waals surface area contributed by atoms with E-state index in [4.69, 9.17) is 16.3 Å². The van der Waals surface area contributed by atoms with Gasteiger partial charge in [0.15, 0.2) is 0 Å². The number of aliphatic hydroxyl groups is 1. The minimum atomic E-state index is -0.644. The first-order valence-electron chi connectivity index (χ1n) is 6.96. The number of hydrogen-bond acceptors (Lipinski definition) is 2. The quantitative estimate of drug-likeness (QED) is 0.938.